The van der Waals surface area contributed by atoms with Gasteiger partial charge in [-0.15, -0.1) is 29.1 Å². The second kappa shape index (κ2) is 31.0. The van der Waals surface area contributed by atoms with Crippen LogP contribution < -0.4 is 151 Å². The average molecular weight is 1160 g/mol. The van der Waals surface area contributed by atoms with Crippen molar-refractivity contribution >= 4 is 134 Å². The maximum atomic E-state index is 12.7. The molecule has 0 saturated heterocycles. The van der Waals surface area contributed by atoms with E-state index in [9.17, 15) is 53.3 Å². The molecule has 0 aliphatic heterocycles. The number of nitrogen functional groups attached to an aromatic ring is 2. The number of hydrogen-bond donors (Lipinski definition) is 4. The van der Waals surface area contributed by atoms with Gasteiger partial charge in [-0.3, -0.25) is 18.4 Å². The van der Waals surface area contributed by atoms with Crippen LogP contribution >= 0.6 is 36.2 Å². The Kier molecular flexibility index (Phi) is 29.6. The van der Waals surface area contributed by atoms with Gasteiger partial charge in [0.15, 0.2) is 44.3 Å². The van der Waals surface area contributed by atoms with E-state index in [2.05, 4.69) is 69.0 Å². The summed E-state index contributed by atoms with van der Waals surface area (Å²) in [6, 6.07) is 13.0. The van der Waals surface area contributed by atoms with Gasteiger partial charge in [0.05, 0.1) is 55.7 Å². The summed E-state index contributed by atoms with van der Waals surface area (Å²) in [5.41, 5.74) is 10.5. The first-order chi connectivity index (χ1) is 31.6. The molecule has 5 aromatic rings. The molecule has 5 rings (SSSR count). The van der Waals surface area contributed by atoms with Crippen molar-refractivity contribution in [1.29, 1.82) is 0 Å². The van der Waals surface area contributed by atoms with Crippen molar-refractivity contribution < 1.29 is 199 Å². The number of rotatable bonds is 24. The molecular formula is C31H26ClN11Na4O18S6. The molecule has 71 heavy (non-hydrogen) atoms. The van der Waals surface area contributed by atoms with Crippen LogP contribution in [0.3, 0.4) is 0 Å². The van der Waals surface area contributed by atoms with Crippen LogP contribution in [0.4, 0.5) is 57.4 Å². The molecule has 0 saturated carbocycles. The predicted molar refractivity (Wildman–Crippen MR) is 226 cm³/mol. The summed E-state index contributed by atoms with van der Waals surface area (Å²) in [5.74, 6) is -1.55. The van der Waals surface area contributed by atoms with Crippen LogP contribution in [0.25, 0.3) is 0 Å². The standard InChI is InChI=1S/C31H30ClN11O18S6.4Na/c32-29-37-30(35-17-1-4-19(5-2-17)64(46,47)11-9-56-62-60-58-44)39-31(38-29)36-18-3-8-27(66(50,51)52)26(13-18)43-42-25-16-24(21(33)15-22(25)34)41-40-23-7-6-20(14-28(23)67(53,54)55)65(48,49)12-10-57-63-61-59-45;;;;/h1-8,13-16,44-45H,9-12,33-34H2,(H,50,51,52)(H,53,54,55)(H2,35,36,37,38,39);;;;/q;4*+1/p-4. The van der Waals surface area contributed by atoms with Crippen LogP contribution in [-0.4, -0.2) is 82.4 Å². The van der Waals surface area contributed by atoms with Gasteiger partial charge in [0.25, 0.3) is 0 Å². The van der Waals surface area contributed by atoms with Crippen LogP contribution in [0, 0.1) is 0 Å². The molecule has 29 nitrogen and oxygen atoms in total. The van der Waals surface area contributed by atoms with Crippen molar-refractivity contribution in [2.45, 2.75) is 19.6 Å². The molecule has 0 bridgehead atoms. The molecule has 0 spiro atoms. The molecule has 0 amide bonds. The Bertz CT molecular complexity index is 3130. The Morgan fingerprint density at radius 1 is 0.549 bits per heavy atom. The summed E-state index contributed by atoms with van der Waals surface area (Å²) in [6.45, 7) is -0.872. The smallest absolute Gasteiger partial charge is 0.744 e. The zero-order valence-electron chi connectivity index (χ0n) is 36.7. The molecule has 1 aromatic heterocycles. The van der Waals surface area contributed by atoms with Gasteiger partial charge in [0.1, 0.15) is 43.0 Å². The van der Waals surface area contributed by atoms with Gasteiger partial charge < -0.3 is 41.7 Å². The summed E-state index contributed by atoms with van der Waals surface area (Å²) in [6.07, 6.45) is 0. The second-order valence-electron chi connectivity index (χ2n) is 12.3. The van der Waals surface area contributed by atoms with E-state index in [-0.39, 0.29) is 200 Å². The molecule has 1 heterocycles. The van der Waals surface area contributed by atoms with Crippen LogP contribution in [-0.2, 0) is 67.0 Å². The first-order valence-electron chi connectivity index (χ1n) is 17.3. The zero-order valence-corrected chi connectivity index (χ0v) is 50.4. The SMILES string of the molecule is Nc1cc(N)c(N=Nc2ccc(S(=O)(=O)CCOSOO[O-])cc2S(=O)(=O)[O-])cc1N=Nc1cc(Nc2nc(Cl)nc(Nc3ccc(S(=O)(=O)CCOSOO[O-])cc3)n2)ccc1S(=O)(=O)[O-].[Na+].[Na+].[Na+].[Na+]. The van der Waals surface area contributed by atoms with E-state index in [1.165, 1.54) is 24.3 Å². The molecule has 0 aliphatic rings. The number of halogens is 1. The van der Waals surface area contributed by atoms with E-state index in [1.54, 1.807) is 0 Å². The van der Waals surface area contributed by atoms with Gasteiger partial charge in [-0.25, -0.2) is 33.7 Å². The maximum Gasteiger partial charge on any atom is 1.00 e. The van der Waals surface area contributed by atoms with Crippen molar-refractivity contribution in [3.05, 3.63) is 78.1 Å². The fraction of sp³-hybridized carbons (Fsp3) is 0.129. The number of anilines is 6. The van der Waals surface area contributed by atoms with E-state index in [0.717, 1.165) is 42.5 Å². The fourth-order valence-corrected chi connectivity index (χ4v) is 9.27. The van der Waals surface area contributed by atoms with Crippen LogP contribution in [0.15, 0.2) is 113 Å². The number of aromatic nitrogens is 3. The molecule has 0 fully saturated rings. The van der Waals surface area contributed by atoms with Gasteiger partial charge in [0, 0.05) is 11.4 Å². The van der Waals surface area contributed by atoms with Gasteiger partial charge in [-0.1, -0.05) is 0 Å². The summed E-state index contributed by atoms with van der Waals surface area (Å²) in [7, 11) is -18.6. The first kappa shape index (κ1) is 67.7. The number of nitrogens with two attached hydrogens (primary N) is 2. The van der Waals surface area contributed by atoms with Crippen molar-refractivity contribution in [3.8, 4) is 0 Å². The Labute approximate surface area is 505 Å². The van der Waals surface area contributed by atoms with Crippen molar-refractivity contribution in [1.82, 2.24) is 15.0 Å². The minimum Gasteiger partial charge on any atom is -0.744 e. The van der Waals surface area contributed by atoms with Crippen LogP contribution in [0.1, 0.15) is 0 Å². The Morgan fingerprint density at radius 3 is 1.51 bits per heavy atom. The van der Waals surface area contributed by atoms with E-state index >= 15 is 0 Å². The van der Waals surface area contributed by atoms with E-state index < -0.39 is 84.1 Å². The summed E-state index contributed by atoms with van der Waals surface area (Å²) >= 11 is 6.32. The number of hydrogen-bond acceptors (Lipinski definition) is 31. The Morgan fingerprint density at radius 2 is 1.00 bits per heavy atom. The fourth-order valence-electron chi connectivity index (χ4n) is 4.97. The summed E-state index contributed by atoms with van der Waals surface area (Å²) in [4.78, 5) is 9.52. The summed E-state index contributed by atoms with van der Waals surface area (Å²) < 4.78 is 141. The largest absolute Gasteiger partial charge is 1.00 e. The summed E-state index contributed by atoms with van der Waals surface area (Å²) in [5, 5.41) is 46.4. The van der Waals surface area contributed by atoms with Gasteiger partial charge in [-0.05, 0) is 84.4 Å². The normalized spacial score (nSPS) is 11.8. The molecule has 4 aromatic carbocycles. The Hall–Kier alpha value is -1.32. The van der Waals surface area contributed by atoms with E-state index in [4.69, 9.17) is 27.3 Å². The molecule has 0 aliphatic carbocycles. The zero-order chi connectivity index (χ0) is 49.0. The molecule has 360 valence electrons. The molecule has 40 heteroatoms. The molecule has 0 unspecified atom stereocenters. The topological polar surface area (TPSA) is 448 Å². The van der Waals surface area contributed by atoms with Gasteiger partial charge >= 0.3 is 118 Å². The first-order valence-corrected chi connectivity index (χ1v) is 25.2. The molecule has 6 N–H and O–H groups in total. The predicted octanol–water partition coefficient (Wildman–Crippen LogP) is -9.01. The van der Waals surface area contributed by atoms with E-state index in [1.807, 2.05) is 0 Å². The quantitative estimate of drug-likeness (QED) is 0.00651. The van der Waals surface area contributed by atoms with Crippen LogP contribution in [0.2, 0.25) is 5.28 Å². The Balaban J connectivity index is 0.00000630. The number of azo groups is 2. The maximum absolute atomic E-state index is 12.7. The molecule has 0 atom stereocenters. The number of nitrogens with zero attached hydrogens (tertiary/aromatic N) is 7. The van der Waals surface area contributed by atoms with Crippen LogP contribution in [0.5, 0.6) is 0 Å². The third kappa shape index (κ3) is 21.0. The monoisotopic (exact) mass is 1160 g/mol. The third-order valence-electron chi connectivity index (χ3n) is 7.91. The van der Waals surface area contributed by atoms with Crippen molar-refractivity contribution in [3.63, 3.8) is 0 Å². The minimum absolute atomic E-state index is 0. The van der Waals surface area contributed by atoms with Crippen molar-refractivity contribution in [2.75, 3.05) is 46.8 Å². The number of benzene rings is 4. The second-order valence-corrected chi connectivity index (χ2v) is 20.6. The molecule has 0 radical (unpaired) electrons. The average Bonchev–Trinajstić information content (AvgIpc) is 3.25. The minimum atomic E-state index is -5.38. The van der Waals surface area contributed by atoms with E-state index in [0.29, 0.717) is 11.8 Å². The number of sulfone groups is 2. The van der Waals surface area contributed by atoms with Gasteiger partial charge in [-0.2, -0.15) is 15.0 Å². The number of nitrogens with one attached hydrogen (secondary N) is 2. The van der Waals surface area contributed by atoms with Gasteiger partial charge in [0.2, 0.25) is 17.2 Å². The molecular weight excluding hydrogens is 1130 g/mol. The third-order valence-corrected chi connectivity index (χ3v) is 13.9. The van der Waals surface area contributed by atoms with Crippen molar-refractivity contribution in [2.24, 2.45) is 20.5 Å².